The summed E-state index contributed by atoms with van der Waals surface area (Å²) < 4.78 is 12.1. The van der Waals surface area contributed by atoms with E-state index in [2.05, 4.69) is 59.8 Å². The fourth-order valence-corrected chi connectivity index (χ4v) is 4.03. The van der Waals surface area contributed by atoms with Crippen LogP contribution in [0.4, 0.5) is 0 Å². The molecule has 0 bridgehead atoms. The SMILES string of the molecule is CC(C)=CCCC(C)CCOC(OCCC(C)CCC=C(C)C)C(=O)c1ccc2ccccc2c1. The van der Waals surface area contributed by atoms with Crippen molar-refractivity contribution >= 4 is 16.6 Å². The van der Waals surface area contributed by atoms with E-state index in [-0.39, 0.29) is 5.78 Å². The largest absolute Gasteiger partial charge is 0.346 e. The number of carbonyl (C=O) groups excluding carboxylic acids is 1. The van der Waals surface area contributed by atoms with Gasteiger partial charge in [-0.05, 0) is 94.9 Å². The van der Waals surface area contributed by atoms with E-state index in [0.717, 1.165) is 49.3 Å². The van der Waals surface area contributed by atoms with E-state index in [0.29, 0.717) is 30.6 Å². The second-order valence-electron chi connectivity index (χ2n) is 10.5. The predicted molar refractivity (Wildman–Crippen MR) is 149 cm³/mol. The van der Waals surface area contributed by atoms with E-state index in [9.17, 15) is 4.79 Å². The first-order valence-electron chi connectivity index (χ1n) is 13.3. The molecule has 2 aromatic carbocycles. The first-order chi connectivity index (χ1) is 16.8. The van der Waals surface area contributed by atoms with E-state index < -0.39 is 6.29 Å². The lowest BCUT2D eigenvalue weighted by atomic mass is 10.0. The van der Waals surface area contributed by atoms with Crippen molar-refractivity contribution < 1.29 is 14.3 Å². The minimum atomic E-state index is -0.855. The highest BCUT2D eigenvalue weighted by atomic mass is 16.7. The van der Waals surface area contributed by atoms with Gasteiger partial charge >= 0.3 is 0 Å². The van der Waals surface area contributed by atoms with Crippen LogP contribution >= 0.6 is 0 Å². The lowest BCUT2D eigenvalue weighted by Crippen LogP contribution is -2.29. The van der Waals surface area contributed by atoms with Crippen LogP contribution in [0.2, 0.25) is 0 Å². The molecule has 35 heavy (non-hydrogen) atoms. The molecule has 0 fully saturated rings. The molecule has 0 saturated carbocycles. The normalized spacial score (nSPS) is 13.8. The van der Waals surface area contributed by atoms with Crippen molar-refractivity contribution in [1.29, 1.82) is 0 Å². The van der Waals surface area contributed by atoms with Gasteiger partial charge in [-0.3, -0.25) is 4.79 Å². The summed E-state index contributed by atoms with van der Waals surface area (Å²) in [6.07, 6.45) is 9.97. The maximum atomic E-state index is 13.4. The average Bonchev–Trinajstić information content (AvgIpc) is 2.82. The van der Waals surface area contributed by atoms with Crippen LogP contribution in [0.1, 0.15) is 90.4 Å². The van der Waals surface area contributed by atoms with Gasteiger partial charge in [-0.1, -0.05) is 73.5 Å². The molecule has 3 heteroatoms. The number of carbonyl (C=O) groups is 1. The molecule has 2 unspecified atom stereocenters. The first-order valence-corrected chi connectivity index (χ1v) is 13.3. The molecule has 0 amide bonds. The second kappa shape index (κ2) is 15.7. The van der Waals surface area contributed by atoms with Gasteiger partial charge in [-0.15, -0.1) is 0 Å². The maximum Gasteiger partial charge on any atom is 0.222 e. The Labute approximate surface area is 213 Å². The van der Waals surface area contributed by atoms with Gasteiger partial charge in [0.1, 0.15) is 0 Å². The molecule has 0 heterocycles. The van der Waals surface area contributed by atoms with Gasteiger partial charge in [0.15, 0.2) is 0 Å². The Morgan fingerprint density at radius 2 is 1.26 bits per heavy atom. The lowest BCUT2D eigenvalue weighted by Gasteiger charge is -2.20. The highest BCUT2D eigenvalue weighted by Gasteiger charge is 2.22. The molecule has 0 aromatic heterocycles. The van der Waals surface area contributed by atoms with Gasteiger partial charge in [-0.2, -0.15) is 0 Å². The summed E-state index contributed by atoms with van der Waals surface area (Å²) in [5.41, 5.74) is 3.36. The quantitative estimate of drug-likeness (QED) is 0.137. The number of rotatable bonds is 16. The molecule has 2 aromatic rings. The van der Waals surface area contributed by atoms with E-state index in [1.807, 2.05) is 36.4 Å². The summed E-state index contributed by atoms with van der Waals surface area (Å²) in [6.45, 7) is 14.1. The number of hydrogen-bond donors (Lipinski definition) is 0. The number of ketones is 1. The highest BCUT2D eigenvalue weighted by Crippen LogP contribution is 2.20. The van der Waals surface area contributed by atoms with Crippen LogP contribution in [0.5, 0.6) is 0 Å². The van der Waals surface area contributed by atoms with Crippen molar-refractivity contribution in [2.45, 2.75) is 86.4 Å². The van der Waals surface area contributed by atoms with Crippen LogP contribution in [0.25, 0.3) is 10.8 Å². The van der Waals surface area contributed by atoms with Gasteiger partial charge in [0.25, 0.3) is 0 Å². The van der Waals surface area contributed by atoms with Crippen molar-refractivity contribution in [1.82, 2.24) is 0 Å². The summed E-state index contributed by atoms with van der Waals surface area (Å²) in [4.78, 5) is 13.4. The summed E-state index contributed by atoms with van der Waals surface area (Å²) in [5.74, 6) is 0.986. The smallest absolute Gasteiger partial charge is 0.222 e. The molecule has 0 aliphatic carbocycles. The fourth-order valence-electron chi connectivity index (χ4n) is 4.03. The Morgan fingerprint density at radius 3 is 1.77 bits per heavy atom. The Kier molecular flexibility index (Phi) is 13.0. The fraction of sp³-hybridized carbons (Fsp3) is 0.531. The maximum absolute atomic E-state index is 13.4. The molecule has 0 radical (unpaired) electrons. The zero-order chi connectivity index (χ0) is 25.6. The molecule has 3 nitrogen and oxygen atoms in total. The van der Waals surface area contributed by atoms with Crippen molar-refractivity contribution in [2.75, 3.05) is 13.2 Å². The van der Waals surface area contributed by atoms with Crippen LogP contribution in [-0.2, 0) is 9.47 Å². The van der Waals surface area contributed by atoms with Crippen LogP contribution in [-0.4, -0.2) is 25.3 Å². The Morgan fingerprint density at radius 1 is 0.743 bits per heavy atom. The van der Waals surface area contributed by atoms with Gasteiger partial charge in [0, 0.05) is 5.56 Å². The highest BCUT2D eigenvalue weighted by molar-refractivity contribution is 6.01. The molecule has 0 aliphatic rings. The van der Waals surface area contributed by atoms with Crippen LogP contribution < -0.4 is 0 Å². The molecule has 2 atom stereocenters. The zero-order valence-electron chi connectivity index (χ0n) is 22.8. The van der Waals surface area contributed by atoms with Crippen LogP contribution in [0.15, 0.2) is 65.8 Å². The summed E-state index contributed by atoms with van der Waals surface area (Å²) in [7, 11) is 0. The molecular formula is C32H46O3. The first kappa shape index (κ1) is 29.0. The average molecular weight is 479 g/mol. The number of fused-ring (bicyclic) bond motifs is 1. The molecular weight excluding hydrogens is 432 g/mol. The topological polar surface area (TPSA) is 35.5 Å². The van der Waals surface area contributed by atoms with E-state index in [1.165, 1.54) is 11.1 Å². The molecule has 2 rings (SSSR count). The second-order valence-corrected chi connectivity index (χ2v) is 10.5. The number of ether oxygens (including phenoxy) is 2. The predicted octanol–water partition coefficient (Wildman–Crippen LogP) is 8.93. The van der Waals surface area contributed by atoms with Crippen molar-refractivity contribution in [2.24, 2.45) is 11.8 Å². The summed E-state index contributed by atoms with van der Waals surface area (Å²) >= 11 is 0. The van der Waals surface area contributed by atoms with Gasteiger partial charge in [0.2, 0.25) is 12.1 Å². The van der Waals surface area contributed by atoms with Crippen molar-refractivity contribution in [3.63, 3.8) is 0 Å². The molecule has 0 saturated heterocycles. The van der Waals surface area contributed by atoms with Gasteiger partial charge in [-0.25, -0.2) is 0 Å². The Hall–Kier alpha value is -2.23. The third-order valence-electron chi connectivity index (χ3n) is 6.43. The number of hydrogen-bond acceptors (Lipinski definition) is 3. The van der Waals surface area contributed by atoms with Gasteiger partial charge in [0.05, 0.1) is 13.2 Å². The van der Waals surface area contributed by atoms with Gasteiger partial charge < -0.3 is 9.47 Å². The van der Waals surface area contributed by atoms with Crippen LogP contribution in [0.3, 0.4) is 0 Å². The minimum absolute atomic E-state index is 0.0925. The lowest BCUT2D eigenvalue weighted by molar-refractivity contribution is -0.118. The molecule has 192 valence electrons. The Balaban J connectivity index is 1.97. The summed E-state index contributed by atoms with van der Waals surface area (Å²) in [5, 5.41) is 2.18. The molecule has 0 N–H and O–H groups in total. The third kappa shape index (κ3) is 11.4. The summed E-state index contributed by atoms with van der Waals surface area (Å²) in [6, 6.07) is 13.9. The van der Waals surface area contributed by atoms with Crippen molar-refractivity contribution in [3.05, 3.63) is 71.3 Å². The standard InChI is InChI=1S/C32H46O3/c1-24(2)11-9-13-26(5)19-21-34-32(35-22-20-27(6)14-10-12-25(3)4)31(33)30-18-17-28-15-7-8-16-29(28)23-30/h7-8,11-12,15-18,23,26-27,32H,9-10,13-14,19-22H2,1-6H3. The number of benzene rings is 2. The van der Waals surface area contributed by atoms with E-state index in [1.54, 1.807) is 0 Å². The van der Waals surface area contributed by atoms with E-state index >= 15 is 0 Å². The third-order valence-corrected chi connectivity index (χ3v) is 6.43. The van der Waals surface area contributed by atoms with Crippen molar-refractivity contribution in [3.8, 4) is 0 Å². The number of Topliss-reactive ketones (excluding diaryl/α,β-unsaturated/α-hetero) is 1. The molecule has 0 aliphatic heterocycles. The molecule has 0 spiro atoms. The number of allylic oxidation sites excluding steroid dienone is 4. The zero-order valence-corrected chi connectivity index (χ0v) is 22.8. The van der Waals surface area contributed by atoms with Crippen LogP contribution in [0, 0.1) is 11.8 Å². The Bertz CT molecular complexity index is 930. The monoisotopic (exact) mass is 478 g/mol. The minimum Gasteiger partial charge on any atom is -0.346 e. The van der Waals surface area contributed by atoms with E-state index in [4.69, 9.17) is 9.47 Å².